The van der Waals surface area contributed by atoms with Gasteiger partial charge >= 0.3 is 5.97 Å². The molecule has 1 aromatic carbocycles. The number of methoxy groups -OCH3 is 1. The van der Waals surface area contributed by atoms with Crippen molar-refractivity contribution in [2.24, 2.45) is 0 Å². The molecule has 0 aliphatic carbocycles. The van der Waals surface area contributed by atoms with Crippen molar-refractivity contribution in [2.45, 2.75) is 31.8 Å². The molecule has 2 N–H and O–H groups in total. The summed E-state index contributed by atoms with van der Waals surface area (Å²) in [6, 6.07) is 6.27. The van der Waals surface area contributed by atoms with Crippen LogP contribution >= 0.6 is 27.5 Å². The van der Waals surface area contributed by atoms with Gasteiger partial charge in [-0.2, -0.15) is 0 Å². The number of ether oxygens (including phenoxy) is 1. The summed E-state index contributed by atoms with van der Waals surface area (Å²) in [5.41, 5.74) is 1.38. The zero-order valence-corrected chi connectivity index (χ0v) is 18.2. The molecular formula is C20H21BrClN3O4. The molecule has 154 valence electrons. The number of hydrogen-bond acceptors (Lipinski definition) is 5. The van der Waals surface area contributed by atoms with Crippen molar-refractivity contribution in [2.75, 3.05) is 19.0 Å². The molecule has 1 amide bonds. The maximum absolute atomic E-state index is 12.6. The van der Waals surface area contributed by atoms with Crippen LogP contribution in [0.25, 0.3) is 0 Å². The van der Waals surface area contributed by atoms with Crippen molar-refractivity contribution in [1.82, 2.24) is 9.88 Å². The van der Waals surface area contributed by atoms with Gasteiger partial charge in [0.1, 0.15) is 17.5 Å². The van der Waals surface area contributed by atoms with Crippen molar-refractivity contribution < 1.29 is 19.4 Å². The van der Waals surface area contributed by atoms with Crippen LogP contribution in [0.3, 0.4) is 0 Å². The number of aromatic nitrogens is 1. The first-order chi connectivity index (χ1) is 13.9. The fourth-order valence-electron chi connectivity index (χ4n) is 3.36. The number of piperidine rings is 1. The standard InChI is InChI=1S/C20H21BrClN3O4/c1-29-17-9-15(19(26)24-14-6-4-5-13(21)18(14)22)23-10-12(17)11-25-8-3-2-7-16(25)20(27)28/h4-6,9-10,16H,2-3,7-8,11H2,1H3,(H,24,26)(H,27,28). The number of carbonyl (C=O) groups is 2. The van der Waals surface area contributed by atoms with Gasteiger partial charge in [0, 0.05) is 28.8 Å². The molecule has 2 aromatic rings. The fraction of sp³-hybridized carbons (Fsp3) is 0.350. The van der Waals surface area contributed by atoms with Crippen LogP contribution in [-0.2, 0) is 11.3 Å². The van der Waals surface area contributed by atoms with E-state index in [0.717, 1.165) is 18.4 Å². The molecule has 0 saturated carbocycles. The third-order valence-electron chi connectivity index (χ3n) is 4.87. The molecule has 1 aliphatic heterocycles. The summed E-state index contributed by atoms with van der Waals surface area (Å²) in [7, 11) is 1.51. The highest BCUT2D eigenvalue weighted by Gasteiger charge is 2.29. The number of pyridine rings is 1. The van der Waals surface area contributed by atoms with E-state index >= 15 is 0 Å². The molecule has 1 saturated heterocycles. The minimum Gasteiger partial charge on any atom is -0.496 e. The average molecular weight is 483 g/mol. The number of nitrogens with zero attached hydrogens (tertiary/aromatic N) is 2. The number of carboxylic acid groups (broad SMARTS) is 1. The summed E-state index contributed by atoms with van der Waals surface area (Å²) in [6.45, 7) is 1.09. The second-order valence-corrected chi connectivity index (χ2v) is 7.99. The van der Waals surface area contributed by atoms with E-state index in [-0.39, 0.29) is 5.69 Å². The van der Waals surface area contributed by atoms with Gasteiger partial charge in [0.05, 0.1) is 17.8 Å². The van der Waals surface area contributed by atoms with Crippen LogP contribution in [0, 0.1) is 0 Å². The van der Waals surface area contributed by atoms with Gasteiger partial charge in [-0.3, -0.25) is 19.5 Å². The highest BCUT2D eigenvalue weighted by atomic mass is 79.9. The Bertz CT molecular complexity index is 925. The van der Waals surface area contributed by atoms with Crippen LogP contribution < -0.4 is 10.1 Å². The average Bonchev–Trinajstić information content (AvgIpc) is 2.72. The smallest absolute Gasteiger partial charge is 0.320 e. The predicted octanol–water partition coefficient (Wildman–Crippen LogP) is 4.20. The normalized spacial score (nSPS) is 17.0. The number of aliphatic carboxylic acids is 1. The third kappa shape index (κ3) is 5.07. The van der Waals surface area contributed by atoms with Crippen molar-refractivity contribution in [3.63, 3.8) is 0 Å². The van der Waals surface area contributed by atoms with E-state index in [1.807, 2.05) is 4.90 Å². The van der Waals surface area contributed by atoms with Crippen LogP contribution in [0.4, 0.5) is 5.69 Å². The number of nitrogens with one attached hydrogen (secondary N) is 1. The molecule has 1 atom stereocenters. The Hall–Kier alpha value is -2.16. The highest BCUT2D eigenvalue weighted by molar-refractivity contribution is 9.10. The molecular weight excluding hydrogens is 462 g/mol. The third-order valence-corrected chi connectivity index (χ3v) is 6.16. The molecule has 0 spiro atoms. The molecule has 1 unspecified atom stereocenters. The summed E-state index contributed by atoms with van der Waals surface area (Å²) >= 11 is 9.52. The maximum Gasteiger partial charge on any atom is 0.320 e. The summed E-state index contributed by atoms with van der Waals surface area (Å²) in [5.74, 6) is -0.755. The van der Waals surface area contributed by atoms with Gasteiger partial charge in [0.2, 0.25) is 0 Å². The first-order valence-corrected chi connectivity index (χ1v) is 10.3. The first kappa shape index (κ1) is 21.5. The van der Waals surface area contributed by atoms with Crippen molar-refractivity contribution in [1.29, 1.82) is 0 Å². The van der Waals surface area contributed by atoms with Crippen LogP contribution in [0.1, 0.15) is 35.3 Å². The minimum atomic E-state index is -0.821. The SMILES string of the molecule is COc1cc(C(=O)Nc2cccc(Br)c2Cl)ncc1CN1CCCCC1C(=O)O. The Balaban J connectivity index is 1.78. The molecule has 0 radical (unpaired) electrons. The van der Waals surface area contributed by atoms with Crippen LogP contribution in [-0.4, -0.2) is 46.6 Å². The number of carboxylic acids is 1. The molecule has 2 heterocycles. The van der Waals surface area contributed by atoms with Crippen LogP contribution in [0.2, 0.25) is 5.02 Å². The summed E-state index contributed by atoms with van der Waals surface area (Å²) < 4.78 is 6.11. The number of carbonyl (C=O) groups excluding carboxylic acids is 1. The maximum atomic E-state index is 12.6. The second-order valence-electron chi connectivity index (χ2n) is 6.76. The van der Waals surface area contributed by atoms with E-state index in [2.05, 4.69) is 26.2 Å². The van der Waals surface area contributed by atoms with E-state index in [0.29, 0.717) is 40.4 Å². The Morgan fingerprint density at radius 1 is 1.41 bits per heavy atom. The number of anilines is 1. The van der Waals surface area contributed by atoms with Crippen LogP contribution in [0.15, 0.2) is 34.9 Å². The molecule has 29 heavy (non-hydrogen) atoms. The molecule has 9 heteroatoms. The van der Waals surface area contributed by atoms with Gasteiger partial charge in [0.15, 0.2) is 0 Å². The lowest BCUT2D eigenvalue weighted by Crippen LogP contribution is -2.44. The number of rotatable bonds is 6. The van der Waals surface area contributed by atoms with Crippen LogP contribution in [0.5, 0.6) is 5.75 Å². The quantitative estimate of drug-likeness (QED) is 0.641. The minimum absolute atomic E-state index is 0.176. The Morgan fingerprint density at radius 2 is 2.21 bits per heavy atom. The highest BCUT2D eigenvalue weighted by Crippen LogP contribution is 2.30. The Labute approximate surface area is 182 Å². The zero-order chi connectivity index (χ0) is 21.0. The number of likely N-dealkylation sites (tertiary alicyclic amines) is 1. The van der Waals surface area contributed by atoms with Crippen molar-refractivity contribution in [3.8, 4) is 5.75 Å². The van der Waals surface area contributed by atoms with Gasteiger partial charge in [0.25, 0.3) is 5.91 Å². The lowest BCUT2D eigenvalue weighted by atomic mass is 10.0. The summed E-state index contributed by atoms with van der Waals surface area (Å²) in [4.78, 5) is 30.3. The van der Waals surface area contributed by atoms with Crippen molar-refractivity contribution >= 4 is 45.1 Å². The fourth-order valence-corrected chi connectivity index (χ4v) is 3.90. The lowest BCUT2D eigenvalue weighted by Gasteiger charge is -2.33. The van der Waals surface area contributed by atoms with Gasteiger partial charge in [-0.15, -0.1) is 0 Å². The molecule has 0 bridgehead atoms. The summed E-state index contributed by atoms with van der Waals surface area (Å²) in [6.07, 6.45) is 4.04. The zero-order valence-electron chi connectivity index (χ0n) is 15.8. The van der Waals surface area contributed by atoms with Gasteiger partial charge in [-0.25, -0.2) is 0 Å². The van der Waals surface area contributed by atoms with Crippen molar-refractivity contribution in [3.05, 3.63) is 51.2 Å². The summed E-state index contributed by atoms with van der Waals surface area (Å²) in [5, 5.41) is 12.6. The van der Waals surface area contributed by atoms with E-state index in [9.17, 15) is 14.7 Å². The van der Waals surface area contributed by atoms with Gasteiger partial charge in [-0.1, -0.05) is 24.1 Å². The first-order valence-electron chi connectivity index (χ1n) is 9.16. The molecule has 1 fully saturated rings. The topological polar surface area (TPSA) is 91.8 Å². The molecule has 3 rings (SSSR count). The molecule has 1 aromatic heterocycles. The molecule has 1 aliphatic rings. The second kappa shape index (κ2) is 9.56. The number of amides is 1. The van der Waals surface area contributed by atoms with Gasteiger partial charge < -0.3 is 15.2 Å². The number of halogens is 2. The lowest BCUT2D eigenvalue weighted by molar-refractivity contribution is -0.144. The monoisotopic (exact) mass is 481 g/mol. The van der Waals surface area contributed by atoms with E-state index in [1.165, 1.54) is 7.11 Å². The van der Waals surface area contributed by atoms with Gasteiger partial charge in [-0.05, 0) is 47.4 Å². The largest absolute Gasteiger partial charge is 0.496 e. The Morgan fingerprint density at radius 3 is 2.93 bits per heavy atom. The number of hydrogen-bond donors (Lipinski definition) is 2. The number of benzene rings is 1. The molecule has 7 nitrogen and oxygen atoms in total. The van der Waals surface area contributed by atoms with E-state index in [4.69, 9.17) is 16.3 Å². The Kier molecular flexibility index (Phi) is 7.10. The van der Waals surface area contributed by atoms with E-state index in [1.54, 1.807) is 30.5 Å². The van der Waals surface area contributed by atoms with E-state index < -0.39 is 17.9 Å². The predicted molar refractivity (Wildman–Crippen MR) is 114 cm³/mol.